The van der Waals surface area contributed by atoms with Crippen molar-refractivity contribution in [2.24, 2.45) is 11.1 Å². The Morgan fingerprint density at radius 3 is 2.50 bits per heavy atom. The number of rotatable bonds is 2. The fraction of sp³-hybridized carbons (Fsp3) is 0.462. The number of hydrogen-bond acceptors (Lipinski definition) is 3. The lowest BCUT2D eigenvalue weighted by molar-refractivity contribution is 0.0697. The summed E-state index contributed by atoms with van der Waals surface area (Å²) >= 11 is 5.81. The maximum atomic E-state index is 12.3. The van der Waals surface area contributed by atoms with Crippen molar-refractivity contribution in [3.05, 3.63) is 28.8 Å². The quantitative estimate of drug-likeness (QED) is 0.904. The molecular formula is C13H17ClN2O3S. The number of carbonyl (C=O) groups is 1. The summed E-state index contributed by atoms with van der Waals surface area (Å²) in [4.78, 5) is 13.9. The average molecular weight is 317 g/mol. The first kappa shape index (κ1) is 15.3. The van der Waals surface area contributed by atoms with Crippen molar-refractivity contribution < 1.29 is 13.2 Å². The molecule has 0 aliphatic carbocycles. The van der Waals surface area contributed by atoms with Gasteiger partial charge in [0, 0.05) is 18.7 Å². The molecule has 0 atom stereocenters. The number of benzene rings is 1. The number of primary sulfonamides is 1. The van der Waals surface area contributed by atoms with Gasteiger partial charge in [0.2, 0.25) is 10.0 Å². The molecule has 1 amide bonds. The number of carbonyl (C=O) groups excluding carboxylic acids is 1. The highest BCUT2D eigenvalue weighted by Gasteiger charge is 2.23. The molecule has 0 saturated carbocycles. The average Bonchev–Trinajstić information content (AvgIpc) is 2.38. The predicted octanol–water partition coefficient (Wildman–Crippen LogP) is 1.86. The zero-order chi connectivity index (χ0) is 14.9. The van der Waals surface area contributed by atoms with Gasteiger partial charge in [-0.3, -0.25) is 4.79 Å². The SMILES string of the molecule is CC1CCN(C(=O)c2ccc(Cl)c(S(N)(=O)=O)c2)CC1. The number of halogens is 1. The molecule has 0 bridgehead atoms. The highest BCUT2D eigenvalue weighted by Crippen LogP contribution is 2.24. The van der Waals surface area contributed by atoms with Crippen LogP contribution in [0.15, 0.2) is 23.1 Å². The topological polar surface area (TPSA) is 80.5 Å². The lowest BCUT2D eigenvalue weighted by Crippen LogP contribution is -2.38. The number of piperidine rings is 1. The van der Waals surface area contributed by atoms with E-state index < -0.39 is 10.0 Å². The largest absolute Gasteiger partial charge is 0.339 e. The minimum atomic E-state index is -3.93. The summed E-state index contributed by atoms with van der Waals surface area (Å²) in [6.07, 6.45) is 1.92. The van der Waals surface area contributed by atoms with Crippen LogP contribution in [0.25, 0.3) is 0 Å². The summed E-state index contributed by atoms with van der Waals surface area (Å²) in [6.45, 7) is 3.53. The number of sulfonamides is 1. The van der Waals surface area contributed by atoms with Crippen LogP contribution in [0, 0.1) is 5.92 Å². The normalized spacial score (nSPS) is 17.2. The van der Waals surface area contributed by atoms with E-state index in [1.54, 1.807) is 4.90 Å². The summed E-state index contributed by atoms with van der Waals surface area (Å²) in [6, 6.07) is 4.16. The Balaban J connectivity index is 2.27. The van der Waals surface area contributed by atoms with E-state index in [0.29, 0.717) is 24.6 Å². The van der Waals surface area contributed by atoms with Crippen molar-refractivity contribution in [2.75, 3.05) is 13.1 Å². The summed E-state index contributed by atoms with van der Waals surface area (Å²) < 4.78 is 22.8. The molecule has 20 heavy (non-hydrogen) atoms. The molecule has 1 aliphatic rings. The maximum Gasteiger partial charge on any atom is 0.253 e. The second-order valence-corrected chi connectivity index (χ2v) is 7.10. The smallest absolute Gasteiger partial charge is 0.253 e. The van der Waals surface area contributed by atoms with Gasteiger partial charge in [-0.25, -0.2) is 13.6 Å². The van der Waals surface area contributed by atoms with E-state index in [1.165, 1.54) is 18.2 Å². The molecule has 1 aliphatic heterocycles. The van der Waals surface area contributed by atoms with Gasteiger partial charge in [0.15, 0.2) is 0 Å². The van der Waals surface area contributed by atoms with Gasteiger partial charge in [0.25, 0.3) is 5.91 Å². The Kier molecular flexibility index (Phi) is 4.36. The third kappa shape index (κ3) is 3.31. The lowest BCUT2D eigenvalue weighted by Gasteiger charge is -2.30. The van der Waals surface area contributed by atoms with Gasteiger partial charge >= 0.3 is 0 Å². The van der Waals surface area contributed by atoms with Crippen molar-refractivity contribution in [1.82, 2.24) is 4.90 Å². The first-order valence-corrected chi connectivity index (χ1v) is 8.33. The van der Waals surface area contributed by atoms with Gasteiger partial charge in [-0.2, -0.15) is 0 Å². The van der Waals surface area contributed by atoms with Crippen LogP contribution in [0.1, 0.15) is 30.1 Å². The zero-order valence-electron chi connectivity index (χ0n) is 11.2. The van der Waals surface area contributed by atoms with Crippen molar-refractivity contribution in [1.29, 1.82) is 0 Å². The number of nitrogens with two attached hydrogens (primary N) is 1. The third-order valence-electron chi connectivity index (χ3n) is 3.56. The molecule has 1 fully saturated rings. The molecule has 0 spiro atoms. The van der Waals surface area contributed by atoms with E-state index >= 15 is 0 Å². The fourth-order valence-electron chi connectivity index (χ4n) is 2.25. The molecule has 110 valence electrons. The van der Waals surface area contributed by atoms with Crippen molar-refractivity contribution in [3.8, 4) is 0 Å². The Morgan fingerprint density at radius 1 is 1.35 bits per heavy atom. The first-order chi connectivity index (χ1) is 9.29. The standard InChI is InChI=1S/C13H17ClN2O3S/c1-9-4-6-16(7-5-9)13(17)10-2-3-11(14)12(8-10)20(15,18)19/h2-3,8-9H,4-7H2,1H3,(H2,15,18,19). The number of nitrogens with zero attached hydrogens (tertiary/aromatic N) is 1. The van der Waals surface area contributed by atoms with E-state index in [2.05, 4.69) is 6.92 Å². The molecule has 0 radical (unpaired) electrons. The molecule has 1 aromatic rings. The van der Waals surface area contributed by atoms with Gasteiger partial charge in [-0.05, 0) is 37.0 Å². The summed E-state index contributed by atoms with van der Waals surface area (Å²) in [5.74, 6) is 0.433. The summed E-state index contributed by atoms with van der Waals surface area (Å²) in [7, 11) is -3.93. The monoisotopic (exact) mass is 316 g/mol. The molecule has 0 aromatic heterocycles. The molecule has 1 aromatic carbocycles. The predicted molar refractivity (Wildman–Crippen MR) is 77.1 cm³/mol. The Morgan fingerprint density at radius 2 is 1.95 bits per heavy atom. The van der Waals surface area contributed by atoms with Crippen LogP contribution in [-0.2, 0) is 10.0 Å². The van der Waals surface area contributed by atoms with Crippen molar-refractivity contribution in [2.45, 2.75) is 24.7 Å². The van der Waals surface area contributed by atoms with E-state index in [9.17, 15) is 13.2 Å². The summed E-state index contributed by atoms with van der Waals surface area (Å²) in [5.41, 5.74) is 0.299. The third-order valence-corrected chi connectivity index (χ3v) is 4.95. The fourth-order valence-corrected chi connectivity index (χ4v) is 3.32. The molecule has 7 heteroatoms. The van der Waals surface area contributed by atoms with Crippen molar-refractivity contribution >= 4 is 27.5 Å². The molecule has 0 unspecified atom stereocenters. The van der Waals surface area contributed by atoms with Crippen LogP contribution in [-0.4, -0.2) is 32.3 Å². The van der Waals surface area contributed by atoms with E-state index in [1.807, 2.05) is 0 Å². The van der Waals surface area contributed by atoms with Gasteiger partial charge in [0.1, 0.15) is 4.90 Å². The molecule has 1 saturated heterocycles. The van der Waals surface area contributed by atoms with Crippen LogP contribution < -0.4 is 5.14 Å². The molecule has 1 heterocycles. The van der Waals surface area contributed by atoms with Gasteiger partial charge in [-0.1, -0.05) is 18.5 Å². The van der Waals surface area contributed by atoms with Gasteiger partial charge in [-0.15, -0.1) is 0 Å². The van der Waals surface area contributed by atoms with Crippen LogP contribution >= 0.6 is 11.6 Å². The van der Waals surface area contributed by atoms with Gasteiger partial charge < -0.3 is 4.90 Å². The van der Waals surface area contributed by atoms with E-state index in [0.717, 1.165) is 12.8 Å². The van der Waals surface area contributed by atoms with Crippen LogP contribution in [0.2, 0.25) is 5.02 Å². The minimum Gasteiger partial charge on any atom is -0.339 e. The van der Waals surface area contributed by atoms with Crippen molar-refractivity contribution in [3.63, 3.8) is 0 Å². The first-order valence-electron chi connectivity index (χ1n) is 6.40. The number of hydrogen-bond donors (Lipinski definition) is 1. The molecular weight excluding hydrogens is 300 g/mol. The number of amides is 1. The molecule has 2 rings (SSSR count). The van der Waals surface area contributed by atoms with Crippen LogP contribution in [0.5, 0.6) is 0 Å². The molecule has 5 nitrogen and oxygen atoms in total. The zero-order valence-corrected chi connectivity index (χ0v) is 12.7. The van der Waals surface area contributed by atoms with E-state index in [-0.39, 0.29) is 15.8 Å². The Hall–Kier alpha value is -1.11. The minimum absolute atomic E-state index is 0.0244. The van der Waals surface area contributed by atoms with E-state index in [4.69, 9.17) is 16.7 Å². The highest BCUT2D eigenvalue weighted by molar-refractivity contribution is 7.89. The number of likely N-dealkylation sites (tertiary alicyclic amines) is 1. The second-order valence-electron chi connectivity index (χ2n) is 5.16. The van der Waals surface area contributed by atoms with Crippen LogP contribution in [0.3, 0.4) is 0 Å². The lowest BCUT2D eigenvalue weighted by atomic mass is 9.98. The molecule has 2 N–H and O–H groups in total. The Bertz CT molecular complexity index is 623. The second kappa shape index (κ2) is 5.71. The van der Waals surface area contributed by atoms with Gasteiger partial charge in [0.05, 0.1) is 5.02 Å². The summed E-state index contributed by atoms with van der Waals surface area (Å²) in [5, 5.41) is 5.11. The Labute approximate surface area is 123 Å². The maximum absolute atomic E-state index is 12.3. The van der Waals surface area contributed by atoms with Crippen LogP contribution in [0.4, 0.5) is 0 Å². The highest BCUT2D eigenvalue weighted by atomic mass is 35.5.